The minimum atomic E-state index is -0.565. The van der Waals surface area contributed by atoms with Crippen LogP contribution in [0.3, 0.4) is 0 Å². The molecule has 1 amide bonds. The second kappa shape index (κ2) is 8.16. The molecule has 1 N–H and O–H groups in total. The van der Waals surface area contributed by atoms with Gasteiger partial charge in [-0.2, -0.15) is 0 Å². The van der Waals surface area contributed by atoms with Crippen LogP contribution in [0, 0.1) is 5.82 Å². The number of amides is 1. The number of halogens is 2. The lowest BCUT2D eigenvalue weighted by atomic mass is 10.3. The molecule has 0 aliphatic carbocycles. The molecule has 0 aliphatic rings. The van der Waals surface area contributed by atoms with E-state index in [9.17, 15) is 14.0 Å². The Balaban J connectivity index is 1.74. The molecule has 0 saturated carbocycles. The lowest BCUT2D eigenvalue weighted by molar-refractivity contribution is -0.113. The Bertz CT molecular complexity index is 995. The number of aromatic nitrogens is 2. The Labute approximate surface area is 157 Å². The maximum absolute atomic E-state index is 13.3. The maximum Gasteiger partial charge on any atom is 0.287 e. The van der Waals surface area contributed by atoms with Crippen LogP contribution in [0.4, 0.5) is 10.1 Å². The van der Waals surface area contributed by atoms with Crippen molar-refractivity contribution in [3.05, 3.63) is 82.1 Å². The molecular weight excluding hydrogens is 377 g/mol. The van der Waals surface area contributed by atoms with Crippen LogP contribution >= 0.6 is 23.4 Å². The maximum atomic E-state index is 13.3. The van der Waals surface area contributed by atoms with Gasteiger partial charge in [-0.15, -0.1) is 0 Å². The van der Waals surface area contributed by atoms with Crippen molar-refractivity contribution in [2.45, 2.75) is 5.03 Å². The van der Waals surface area contributed by atoms with Crippen molar-refractivity contribution in [3.63, 3.8) is 0 Å². The molecule has 132 valence electrons. The first kappa shape index (κ1) is 18.2. The molecule has 5 nitrogen and oxygen atoms in total. The normalized spacial score (nSPS) is 10.5. The summed E-state index contributed by atoms with van der Waals surface area (Å²) in [5.41, 5.74) is 0.685. The Morgan fingerprint density at radius 2 is 2.00 bits per heavy atom. The third-order valence-corrected chi connectivity index (χ3v) is 4.64. The number of nitrogens with zero attached hydrogens (tertiary/aromatic N) is 2. The summed E-state index contributed by atoms with van der Waals surface area (Å²) in [6, 6.07) is 13.0. The molecule has 0 unspecified atom stereocenters. The van der Waals surface area contributed by atoms with Crippen molar-refractivity contribution >= 4 is 35.0 Å². The van der Waals surface area contributed by atoms with Crippen LogP contribution in [0.1, 0.15) is 0 Å². The predicted octanol–water partition coefficient (Wildman–Crippen LogP) is 3.76. The number of carbonyl (C=O) groups is 1. The number of benzene rings is 2. The highest BCUT2D eigenvalue weighted by Crippen LogP contribution is 2.19. The number of carbonyl (C=O) groups excluding carboxylic acids is 1. The average Bonchev–Trinajstić information content (AvgIpc) is 2.64. The molecule has 0 fully saturated rings. The zero-order valence-electron chi connectivity index (χ0n) is 13.4. The van der Waals surface area contributed by atoms with Crippen LogP contribution in [0.25, 0.3) is 5.69 Å². The molecule has 0 radical (unpaired) electrons. The van der Waals surface area contributed by atoms with E-state index in [1.165, 1.54) is 35.2 Å². The van der Waals surface area contributed by atoms with E-state index in [4.69, 9.17) is 11.6 Å². The van der Waals surface area contributed by atoms with E-state index >= 15 is 0 Å². The fourth-order valence-electron chi connectivity index (χ4n) is 2.18. The van der Waals surface area contributed by atoms with Gasteiger partial charge in [-0.1, -0.05) is 41.6 Å². The van der Waals surface area contributed by atoms with Crippen LogP contribution in [-0.2, 0) is 4.79 Å². The molecule has 0 atom stereocenters. The van der Waals surface area contributed by atoms with Crippen molar-refractivity contribution in [3.8, 4) is 5.69 Å². The van der Waals surface area contributed by atoms with Gasteiger partial charge in [0.1, 0.15) is 5.82 Å². The van der Waals surface area contributed by atoms with Crippen LogP contribution in [0.2, 0.25) is 5.02 Å². The molecule has 0 spiro atoms. The number of rotatable bonds is 5. The lowest BCUT2D eigenvalue weighted by Gasteiger charge is -2.08. The smallest absolute Gasteiger partial charge is 0.287 e. The Kier molecular flexibility index (Phi) is 5.70. The number of thioether (sulfide) groups is 1. The Morgan fingerprint density at radius 3 is 2.73 bits per heavy atom. The first-order chi connectivity index (χ1) is 12.5. The molecule has 26 heavy (non-hydrogen) atoms. The van der Waals surface area contributed by atoms with Gasteiger partial charge in [0, 0.05) is 18.1 Å². The van der Waals surface area contributed by atoms with Gasteiger partial charge in [0.25, 0.3) is 5.56 Å². The fourth-order valence-corrected chi connectivity index (χ4v) is 3.06. The van der Waals surface area contributed by atoms with Crippen LogP contribution < -0.4 is 10.9 Å². The zero-order valence-corrected chi connectivity index (χ0v) is 14.9. The summed E-state index contributed by atoms with van der Waals surface area (Å²) in [5.74, 6) is -0.780. The van der Waals surface area contributed by atoms with Crippen molar-refractivity contribution < 1.29 is 9.18 Å². The van der Waals surface area contributed by atoms with Crippen molar-refractivity contribution in [1.82, 2.24) is 9.55 Å². The number of nitrogens with one attached hydrogen (secondary N) is 1. The highest BCUT2D eigenvalue weighted by Gasteiger charge is 2.11. The SMILES string of the molecule is O=C(CSc1nccn(-c2ccc(F)c(Cl)c2)c1=O)Nc1ccccc1. The van der Waals surface area contributed by atoms with Crippen molar-refractivity contribution in [2.24, 2.45) is 0 Å². The fraction of sp³-hybridized carbons (Fsp3) is 0.0556. The third kappa shape index (κ3) is 4.30. The monoisotopic (exact) mass is 389 g/mol. The van der Waals surface area contributed by atoms with Gasteiger partial charge in [0.2, 0.25) is 5.91 Å². The van der Waals surface area contributed by atoms with E-state index in [0.717, 1.165) is 11.8 Å². The van der Waals surface area contributed by atoms with Gasteiger partial charge >= 0.3 is 0 Å². The second-order valence-corrected chi connectivity index (χ2v) is 6.58. The molecule has 0 aliphatic heterocycles. The minimum absolute atomic E-state index is 0.0331. The highest BCUT2D eigenvalue weighted by molar-refractivity contribution is 7.99. The molecule has 0 bridgehead atoms. The largest absolute Gasteiger partial charge is 0.325 e. The summed E-state index contributed by atoms with van der Waals surface area (Å²) >= 11 is 6.80. The van der Waals surface area contributed by atoms with E-state index in [1.807, 2.05) is 18.2 Å². The molecule has 0 saturated heterocycles. The minimum Gasteiger partial charge on any atom is -0.325 e. The lowest BCUT2D eigenvalue weighted by Crippen LogP contribution is -2.22. The Morgan fingerprint density at radius 1 is 1.23 bits per heavy atom. The summed E-state index contributed by atoms with van der Waals surface area (Å²) in [7, 11) is 0. The molecule has 2 aromatic carbocycles. The highest BCUT2D eigenvalue weighted by atomic mass is 35.5. The van der Waals surface area contributed by atoms with Gasteiger partial charge in [0.15, 0.2) is 5.03 Å². The van der Waals surface area contributed by atoms with E-state index < -0.39 is 11.4 Å². The second-order valence-electron chi connectivity index (χ2n) is 5.21. The molecular formula is C18H13ClFN3O2S. The standard InChI is InChI=1S/C18H13ClFN3O2S/c19-14-10-13(6-7-15(14)20)23-9-8-21-17(18(23)25)26-11-16(24)22-12-4-2-1-3-5-12/h1-10H,11H2,(H,22,24). The Hall–Kier alpha value is -2.64. The van der Waals surface area contributed by atoms with Crippen LogP contribution in [0.5, 0.6) is 0 Å². The average molecular weight is 390 g/mol. The topological polar surface area (TPSA) is 64.0 Å². The predicted molar refractivity (Wildman–Crippen MR) is 101 cm³/mol. The van der Waals surface area contributed by atoms with Gasteiger partial charge < -0.3 is 5.32 Å². The molecule has 8 heteroatoms. The van der Waals surface area contributed by atoms with Crippen LogP contribution in [0.15, 0.2) is 70.7 Å². The van der Waals surface area contributed by atoms with Crippen molar-refractivity contribution in [2.75, 3.05) is 11.1 Å². The van der Waals surface area contributed by atoms with E-state index in [-0.39, 0.29) is 21.7 Å². The summed E-state index contributed by atoms with van der Waals surface area (Å²) in [5, 5.41) is 2.82. The van der Waals surface area contributed by atoms with E-state index in [0.29, 0.717) is 11.4 Å². The molecule has 1 heterocycles. The first-order valence-corrected chi connectivity index (χ1v) is 8.92. The number of hydrogen-bond donors (Lipinski definition) is 1. The molecule has 1 aromatic heterocycles. The summed E-state index contributed by atoms with van der Waals surface area (Å²) in [4.78, 5) is 28.6. The molecule has 3 aromatic rings. The van der Waals surface area contributed by atoms with Gasteiger partial charge in [-0.25, -0.2) is 9.37 Å². The third-order valence-electron chi connectivity index (χ3n) is 3.39. The summed E-state index contributed by atoms with van der Waals surface area (Å²) < 4.78 is 14.6. The number of hydrogen-bond acceptors (Lipinski definition) is 4. The van der Waals surface area contributed by atoms with Gasteiger partial charge in [-0.3, -0.25) is 14.2 Å². The first-order valence-electron chi connectivity index (χ1n) is 7.55. The number of anilines is 1. The van der Waals surface area contributed by atoms with Gasteiger partial charge in [-0.05, 0) is 30.3 Å². The summed E-state index contributed by atoms with van der Waals surface area (Å²) in [6.45, 7) is 0. The van der Waals surface area contributed by atoms with E-state index in [1.54, 1.807) is 12.1 Å². The zero-order chi connectivity index (χ0) is 18.5. The number of para-hydroxylation sites is 1. The van der Waals surface area contributed by atoms with E-state index in [2.05, 4.69) is 10.3 Å². The van der Waals surface area contributed by atoms with Crippen LogP contribution in [-0.4, -0.2) is 21.2 Å². The van der Waals surface area contributed by atoms with Gasteiger partial charge in [0.05, 0.1) is 16.5 Å². The summed E-state index contributed by atoms with van der Waals surface area (Å²) in [6.07, 6.45) is 2.90. The molecule has 3 rings (SSSR count). The quantitative estimate of drug-likeness (QED) is 0.675. The van der Waals surface area contributed by atoms with Crippen molar-refractivity contribution in [1.29, 1.82) is 0 Å².